The number of carbonyl (C=O) groups is 2. The van der Waals surface area contributed by atoms with E-state index in [9.17, 15) is 18.0 Å². The van der Waals surface area contributed by atoms with Crippen molar-refractivity contribution in [2.24, 2.45) is 0 Å². The number of rotatable bonds is 7. The summed E-state index contributed by atoms with van der Waals surface area (Å²) in [7, 11) is -3.79. The maximum atomic E-state index is 13.1. The molecule has 0 aromatic heterocycles. The summed E-state index contributed by atoms with van der Waals surface area (Å²) in [5, 5.41) is 0. The molecule has 0 radical (unpaired) electrons. The first-order valence-electron chi connectivity index (χ1n) is 11.1. The number of hydrogen-bond acceptors (Lipinski definition) is 5. The van der Waals surface area contributed by atoms with Crippen molar-refractivity contribution in [2.45, 2.75) is 24.7 Å². The first-order valence-corrected chi connectivity index (χ1v) is 12.6. The highest BCUT2D eigenvalue weighted by Crippen LogP contribution is 2.27. The van der Waals surface area contributed by atoms with Crippen LogP contribution in [-0.4, -0.2) is 40.0 Å². The molecule has 3 aromatic rings. The summed E-state index contributed by atoms with van der Waals surface area (Å²) in [6.07, 6.45) is 1.76. The molecule has 1 heterocycles. The fourth-order valence-electron chi connectivity index (χ4n) is 4.06. The van der Waals surface area contributed by atoms with Crippen LogP contribution in [-0.2, 0) is 26.0 Å². The fraction of sp³-hybridized carbons (Fsp3) is 0.231. The number of aryl methyl sites for hydroxylation is 1. The van der Waals surface area contributed by atoms with Gasteiger partial charge in [0.05, 0.1) is 16.1 Å². The quantitative estimate of drug-likeness (QED) is 0.479. The number of fused-ring (bicyclic) bond motifs is 1. The summed E-state index contributed by atoms with van der Waals surface area (Å²) in [5.41, 5.74) is 2.69. The predicted octanol–water partition coefficient (Wildman–Crippen LogP) is 4.04. The van der Waals surface area contributed by atoms with Crippen molar-refractivity contribution in [2.75, 3.05) is 28.9 Å². The van der Waals surface area contributed by atoms with Crippen LogP contribution in [0, 0.1) is 0 Å². The van der Waals surface area contributed by atoms with Crippen molar-refractivity contribution in [3.63, 3.8) is 0 Å². The lowest BCUT2D eigenvalue weighted by Gasteiger charge is -2.29. The molecule has 0 unspecified atom stereocenters. The van der Waals surface area contributed by atoms with Gasteiger partial charge in [-0.1, -0.05) is 36.4 Å². The Hall–Kier alpha value is -3.65. The van der Waals surface area contributed by atoms with E-state index in [1.807, 2.05) is 30.3 Å². The summed E-state index contributed by atoms with van der Waals surface area (Å²) in [6, 6.07) is 22.1. The van der Waals surface area contributed by atoms with E-state index in [2.05, 4.69) is 0 Å². The van der Waals surface area contributed by atoms with Gasteiger partial charge in [-0.2, -0.15) is 0 Å². The molecule has 4 rings (SSSR count). The molecule has 0 atom stereocenters. The van der Waals surface area contributed by atoms with Crippen LogP contribution in [0.2, 0.25) is 0 Å². The molecule has 1 aliphatic rings. The smallest absolute Gasteiger partial charge is 0.338 e. The molecule has 0 saturated heterocycles. The van der Waals surface area contributed by atoms with Gasteiger partial charge in [0.2, 0.25) is 0 Å². The van der Waals surface area contributed by atoms with Crippen LogP contribution in [0.15, 0.2) is 83.8 Å². The molecule has 7 nitrogen and oxygen atoms in total. The zero-order chi connectivity index (χ0) is 24.1. The number of ether oxygens (including phenoxy) is 1. The maximum Gasteiger partial charge on any atom is 0.338 e. The fourth-order valence-corrected chi connectivity index (χ4v) is 5.53. The Morgan fingerprint density at radius 3 is 2.32 bits per heavy atom. The van der Waals surface area contributed by atoms with Gasteiger partial charge in [-0.3, -0.25) is 9.10 Å². The van der Waals surface area contributed by atoms with Gasteiger partial charge >= 0.3 is 5.97 Å². The Morgan fingerprint density at radius 2 is 1.62 bits per heavy atom. The number of esters is 1. The molecular weight excluding hydrogens is 452 g/mol. The summed E-state index contributed by atoms with van der Waals surface area (Å²) in [4.78, 5) is 26.9. The average Bonchev–Trinajstić information content (AvgIpc) is 2.87. The van der Waals surface area contributed by atoms with E-state index in [0.29, 0.717) is 12.2 Å². The second kappa shape index (κ2) is 10.1. The Bertz CT molecular complexity index is 1270. The van der Waals surface area contributed by atoms with E-state index in [-0.39, 0.29) is 29.5 Å². The summed E-state index contributed by atoms with van der Waals surface area (Å²) >= 11 is 0. The van der Waals surface area contributed by atoms with Crippen LogP contribution in [0.4, 0.5) is 11.4 Å². The number of hydrogen-bond donors (Lipinski definition) is 0. The minimum Gasteiger partial charge on any atom is -0.452 e. The largest absolute Gasteiger partial charge is 0.452 e. The van der Waals surface area contributed by atoms with E-state index in [4.69, 9.17) is 4.74 Å². The third kappa shape index (κ3) is 4.82. The van der Waals surface area contributed by atoms with Gasteiger partial charge in [0, 0.05) is 18.8 Å². The number of para-hydroxylation sites is 2. The molecule has 34 heavy (non-hydrogen) atoms. The van der Waals surface area contributed by atoms with Crippen LogP contribution in [0.3, 0.4) is 0 Å². The Labute approximate surface area is 199 Å². The minimum absolute atomic E-state index is 0.0655. The van der Waals surface area contributed by atoms with Gasteiger partial charge in [-0.15, -0.1) is 0 Å². The summed E-state index contributed by atoms with van der Waals surface area (Å²) in [6.45, 7) is 2.21. The Kier molecular flexibility index (Phi) is 6.98. The maximum absolute atomic E-state index is 13.1. The molecule has 176 valence electrons. The molecule has 0 aliphatic carbocycles. The van der Waals surface area contributed by atoms with Crippen molar-refractivity contribution in [1.82, 2.24) is 0 Å². The van der Waals surface area contributed by atoms with E-state index < -0.39 is 16.0 Å². The van der Waals surface area contributed by atoms with E-state index in [1.165, 1.54) is 28.6 Å². The van der Waals surface area contributed by atoms with Gasteiger partial charge in [-0.25, -0.2) is 13.2 Å². The standard InChI is InChI=1S/C26H26N2O5S/c1-2-28(22-11-4-3-5-12-22)34(31,32)23-16-14-21(15-17-23)26(30)33-19-25(29)27-18-8-10-20-9-6-7-13-24(20)27/h3-7,9,11-17H,2,8,10,18-19H2,1H3. The lowest BCUT2D eigenvalue weighted by atomic mass is 10.0. The topological polar surface area (TPSA) is 84.0 Å². The highest BCUT2D eigenvalue weighted by atomic mass is 32.2. The Balaban J connectivity index is 1.42. The molecule has 1 amide bonds. The number of anilines is 2. The van der Waals surface area contributed by atoms with Crippen molar-refractivity contribution < 1.29 is 22.7 Å². The van der Waals surface area contributed by atoms with Gasteiger partial charge in [0.1, 0.15) is 0 Å². The van der Waals surface area contributed by atoms with Gasteiger partial charge < -0.3 is 9.64 Å². The van der Waals surface area contributed by atoms with Crippen LogP contribution in [0.1, 0.15) is 29.3 Å². The van der Waals surface area contributed by atoms with Crippen molar-refractivity contribution in [3.8, 4) is 0 Å². The second-order valence-corrected chi connectivity index (χ2v) is 9.75. The molecule has 0 spiro atoms. The molecule has 0 saturated carbocycles. The first kappa shape index (κ1) is 23.5. The van der Waals surface area contributed by atoms with Gasteiger partial charge in [-0.05, 0) is 67.8 Å². The van der Waals surface area contributed by atoms with Gasteiger partial charge in [0.25, 0.3) is 15.9 Å². The van der Waals surface area contributed by atoms with Crippen LogP contribution in [0.5, 0.6) is 0 Å². The third-order valence-corrected chi connectivity index (χ3v) is 7.66. The lowest BCUT2D eigenvalue weighted by Crippen LogP contribution is -2.38. The van der Waals surface area contributed by atoms with E-state index in [0.717, 1.165) is 24.1 Å². The highest BCUT2D eigenvalue weighted by Gasteiger charge is 2.25. The molecule has 0 bridgehead atoms. The first-order chi connectivity index (χ1) is 16.4. The minimum atomic E-state index is -3.79. The lowest BCUT2D eigenvalue weighted by molar-refractivity contribution is -0.121. The predicted molar refractivity (Wildman–Crippen MR) is 130 cm³/mol. The molecular formula is C26H26N2O5S. The molecule has 0 N–H and O–H groups in total. The molecule has 1 aliphatic heterocycles. The second-order valence-electron chi connectivity index (χ2n) is 7.88. The summed E-state index contributed by atoms with van der Waals surface area (Å²) < 4.78 is 32.7. The van der Waals surface area contributed by atoms with Crippen LogP contribution < -0.4 is 9.21 Å². The zero-order valence-electron chi connectivity index (χ0n) is 18.9. The van der Waals surface area contributed by atoms with Crippen molar-refractivity contribution >= 4 is 33.3 Å². The van der Waals surface area contributed by atoms with Crippen LogP contribution in [0.25, 0.3) is 0 Å². The monoisotopic (exact) mass is 478 g/mol. The third-order valence-electron chi connectivity index (χ3n) is 5.75. The zero-order valence-corrected chi connectivity index (χ0v) is 19.7. The average molecular weight is 479 g/mol. The van der Waals surface area contributed by atoms with Crippen molar-refractivity contribution in [3.05, 3.63) is 90.0 Å². The van der Waals surface area contributed by atoms with E-state index >= 15 is 0 Å². The number of benzene rings is 3. The van der Waals surface area contributed by atoms with E-state index in [1.54, 1.807) is 36.1 Å². The number of amides is 1. The number of carbonyl (C=O) groups excluding carboxylic acids is 2. The summed E-state index contributed by atoms with van der Waals surface area (Å²) in [5.74, 6) is -0.973. The number of nitrogens with zero attached hydrogens (tertiary/aromatic N) is 2. The molecule has 0 fully saturated rings. The van der Waals surface area contributed by atoms with Crippen LogP contribution >= 0.6 is 0 Å². The molecule has 3 aromatic carbocycles. The number of sulfonamides is 1. The Morgan fingerprint density at radius 1 is 0.941 bits per heavy atom. The SMILES string of the molecule is CCN(c1ccccc1)S(=O)(=O)c1ccc(C(=O)OCC(=O)N2CCCc3ccccc32)cc1. The highest BCUT2D eigenvalue weighted by molar-refractivity contribution is 7.92. The van der Waals surface area contributed by atoms with Gasteiger partial charge in [0.15, 0.2) is 6.61 Å². The normalized spacial score (nSPS) is 13.1. The molecule has 8 heteroatoms. The van der Waals surface area contributed by atoms with Crippen molar-refractivity contribution in [1.29, 1.82) is 0 Å².